The van der Waals surface area contributed by atoms with E-state index in [0.29, 0.717) is 39.6 Å². The Morgan fingerprint density at radius 2 is 1.29 bits per heavy atom. The fourth-order valence-electron chi connectivity index (χ4n) is 3.88. The van der Waals surface area contributed by atoms with Crippen molar-refractivity contribution in [3.8, 4) is 0 Å². The summed E-state index contributed by atoms with van der Waals surface area (Å²) in [5.74, 6) is -1.50. The van der Waals surface area contributed by atoms with E-state index in [-0.39, 0.29) is 17.6 Å². The molecule has 9 heteroatoms. The summed E-state index contributed by atoms with van der Waals surface area (Å²) in [5, 5.41) is 13.4. The Balaban J connectivity index is 1.76. The molecule has 0 atom stereocenters. The van der Waals surface area contributed by atoms with E-state index < -0.39 is 20.9 Å². The van der Waals surface area contributed by atoms with E-state index >= 15 is 0 Å². The summed E-state index contributed by atoms with van der Waals surface area (Å²) in [5.41, 5.74) is 0. The highest BCUT2D eigenvalue weighted by molar-refractivity contribution is 6.99. The molecule has 0 saturated carbocycles. The zero-order chi connectivity index (χ0) is 25.6. The Bertz CT molecular complexity index is 848. The van der Waals surface area contributed by atoms with Crippen LogP contribution in [0.15, 0.2) is 60.7 Å². The lowest BCUT2D eigenvalue weighted by molar-refractivity contribution is -0.143. The van der Waals surface area contributed by atoms with Gasteiger partial charge in [0.2, 0.25) is 5.91 Å². The van der Waals surface area contributed by atoms with Crippen LogP contribution >= 0.6 is 0 Å². The van der Waals surface area contributed by atoms with Crippen LogP contribution in [0.1, 0.15) is 20.8 Å². The number of ether oxygens (including phenoxy) is 3. The number of amides is 1. The number of nitrogens with one attached hydrogen (secondary N) is 1. The van der Waals surface area contributed by atoms with Gasteiger partial charge in [-0.25, -0.2) is 4.79 Å². The highest BCUT2D eigenvalue weighted by Crippen LogP contribution is 2.36. The van der Waals surface area contributed by atoms with E-state index in [1.54, 1.807) is 0 Å². The Labute approximate surface area is 208 Å². The summed E-state index contributed by atoms with van der Waals surface area (Å²) in [6.45, 7) is 8.30. The minimum absolute atomic E-state index is 0.0814. The molecule has 2 N–H and O–H groups in total. The van der Waals surface area contributed by atoms with Crippen molar-refractivity contribution in [2.45, 2.75) is 25.8 Å². The first-order valence-corrected chi connectivity index (χ1v) is 13.6. The molecule has 2 aromatic rings. The van der Waals surface area contributed by atoms with Crippen molar-refractivity contribution in [3.05, 3.63) is 60.7 Å². The standard InChI is InChI=1S/C26H37NO7Si/c1-26(2,3)35(22-10-6-4-7-11-22,23-12-8-5-9-13-23)34-19-18-32-17-16-31-15-14-27-24(28)20-33-21-25(29)30/h4-13H,14-21H2,1-3H3,(H,27,28)(H,29,30). The van der Waals surface area contributed by atoms with Gasteiger partial charge in [-0.3, -0.25) is 4.79 Å². The summed E-state index contributed by atoms with van der Waals surface area (Å²) in [7, 11) is -2.56. The fraction of sp³-hybridized carbons (Fsp3) is 0.462. The molecular weight excluding hydrogens is 466 g/mol. The third-order valence-corrected chi connectivity index (χ3v) is 10.4. The highest BCUT2D eigenvalue weighted by Gasteiger charge is 2.49. The van der Waals surface area contributed by atoms with E-state index in [1.807, 2.05) is 12.1 Å². The number of rotatable bonds is 16. The molecule has 0 fully saturated rings. The van der Waals surface area contributed by atoms with Crippen molar-refractivity contribution in [3.63, 3.8) is 0 Å². The van der Waals surface area contributed by atoms with Gasteiger partial charge in [0.25, 0.3) is 8.32 Å². The molecule has 192 valence electrons. The zero-order valence-corrected chi connectivity index (χ0v) is 21.8. The second-order valence-electron chi connectivity index (χ2n) is 8.97. The molecule has 0 aromatic heterocycles. The first-order chi connectivity index (χ1) is 16.8. The number of carboxylic acid groups (broad SMARTS) is 1. The first-order valence-electron chi connectivity index (χ1n) is 11.7. The fourth-order valence-corrected chi connectivity index (χ4v) is 8.43. The molecule has 1 amide bonds. The van der Waals surface area contributed by atoms with Crippen molar-refractivity contribution < 1.29 is 33.3 Å². The molecule has 0 bridgehead atoms. The van der Waals surface area contributed by atoms with E-state index in [4.69, 9.17) is 23.7 Å². The lowest BCUT2D eigenvalue weighted by atomic mass is 10.2. The SMILES string of the molecule is CC(C)(C)[Si](OCCOCCOCCNC(=O)COCC(=O)O)(c1ccccc1)c1ccccc1. The van der Waals surface area contributed by atoms with Gasteiger partial charge in [0.1, 0.15) is 13.2 Å². The van der Waals surface area contributed by atoms with Crippen molar-refractivity contribution in [1.82, 2.24) is 5.32 Å². The molecular formula is C26H37NO7Si. The Morgan fingerprint density at radius 3 is 1.80 bits per heavy atom. The molecule has 0 unspecified atom stereocenters. The lowest BCUT2D eigenvalue weighted by Gasteiger charge is -2.43. The summed E-state index contributed by atoms with van der Waals surface area (Å²) < 4.78 is 22.7. The van der Waals surface area contributed by atoms with E-state index in [2.05, 4.69) is 74.6 Å². The van der Waals surface area contributed by atoms with Gasteiger partial charge in [0.15, 0.2) is 0 Å². The van der Waals surface area contributed by atoms with Crippen LogP contribution in [-0.4, -0.2) is 78.1 Å². The number of carbonyl (C=O) groups excluding carboxylic acids is 1. The van der Waals surface area contributed by atoms with Crippen molar-refractivity contribution >= 4 is 30.6 Å². The molecule has 8 nitrogen and oxygen atoms in total. The van der Waals surface area contributed by atoms with Crippen LogP contribution in [0.2, 0.25) is 5.04 Å². The molecule has 0 spiro atoms. The maximum atomic E-state index is 11.5. The van der Waals surface area contributed by atoms with Crippen LogP contribution in [0.5, 0.6) is 0 Å². The quantitative estimate of drug-likeness (QED) is 0.266. The number of hydrogen-bond acceptors (Lipinski definition) is 6. The average Bonchev–Trinajstić information content (AvgIpc) is 2.83. The van der Waals surface area contributed by atoms with Crippen LogP contribution in [0, 0.1) is 0 Å². The monoisotopic (exact) mass is 503 g/mol. The first kappa shape index (κ1) is 28.7. The number of aliphatic carboxylic acids is 1. The van der Waals surface area contributed by atoms with Crippen LogP contribution in [0.4, 0.5) is 0 Å². The Kier molecular flexibility index (Phi) is 12.1. The molecule has 0 aliphatic heterocycles. The summed E-state index contributed by atoms with van der Waals surface area (Å²) >= 11 is 0. The molecule has 35 heavy (non-hydrogen) atoms. The summed E-state index contributed by atoms with van der Waals surface area (Å²) in [4.78, 5) is 21.8. The molecule has 2 rings (SSSR count). The second kappa shape index (κ2) is 14.7. The summed E-state index contributed by atoms with van der Waals surface area (Å²) in [6.07, 6.45) is 0. The zero-order valence-electron chi connectivity index (χ0n) is 20.8. The number of carboxylic acids is 1. The van der Waals surface area contributed by atoms with Crippen LogP contribution in [0.3, 0.4) is 0 Å². The largest absolute Gasteiger partial charge is 0.480 e. The lowest BCUT2D eigenvalue weighted by Crippen LogP contribution is -2.66. The van der Waals surface area contributed by atoms with Gasteiger partial charge in [0, 0.05) is 6.54 Å². The number of carbonyl (C=O) groups is 2. The minimum atomic E-state index is -2.56. The van der Waals surface area contributed by atoms with E-state index in [0.717, 1.165) is 0 Å². The summed E-state index contributed by atoms with van der Waals surface area (Å²) in [6, 6.07) is 21.0. The topological polar surface area (TPSA) is 103 Å². The predicted octanol–water partition coefficient (Wildman–Crippen LogP) is 1.81. The second-order valence-corrected chi connectivity index (χ2v) is 13.3. The van der Waals surface area contributed by atoms with Gasteiger partial charge < -0.3 is 29.1 Å². The third kappa shape index (κ3) is 9.19. The van der Waals surface area contributed by atoms with Crippen LogP contribution in [-0.2, 0) is 28.2 Å². The third-order valence-electron chi connectivity index (χ3n) is 5.36. The number of hydrogen-bond donors (Lipinski definition) is 2. The Hall–Kier alpha value is -2.56. The molecule has 2 aromatic carbocycles. The highest BCUT2D eigenvalue weighted by atomic mass is 28.4. The van der Waals surface area contributed by atoms with Gasteiger partial charge in [0.05, 0.1) is 33.0 Å². The van der Waals surface area contributed by atoms with Crippen molar-refractivity contribution in [2.24, 2.45) is 0 Å². The van der Waals surface area contributed by atoms with Gasteiger partial charge in [-0.1, -0.05) is 81.4 Å². The van der Waals surface area contributed by atoms with E-state index in [1.165, 1.54) is 10.4 Å². The van der Waals surface area contributed by atoms with Gasteiger partial charge in [-0.05, 0) is 15.4 Å². The molecule has 0 saturated heterocycles. The maximum Gasteiger partial charge on any atom is 0.329 e. The van der Waals surface area contributed by atoms with E-state index in [9.17, 15) is 9.59 Å². The van der Waals surface area contributed by atoms with Crippen molar-refractivity contribution in [1.29, 1.82) is 0 Å². The van der Waals surface area contributed by atoms with Crippen molar-refractivity contribution in [2.75, 3.05) is 52.8 Å². The molecule has 0 radical (unpaired) electrons. The molecule has 0 heterocycles. The van der Waals surface area contributed by atoms with Crippen LogP contribution in [0.25, 0.3) is 0 Å². The van der Waals surface area contributed by atoms with Gasteiger partial charge >= 0.3 is 5.97 Å². The minimum Gasteiger partial charge on any atom is -0.480 e. The molecule has 0 aliphatic rings. The molecule has 0 aliphatic carbocycles. The van der Waals surface area contributed by atoms with Gasteiger partial charge in [-0.2, -0.15) is 0 Å². The maximum absolute atomic E-state index is 11.5. The van der Waals surface area contributed by atoms with Crippen LogP contribution < -0.4 is 15.7 Å². The predicted molar refractivity (Wildman–Crippen MR) is 137 cm³/mol. The van der Waals surface area contributed by atoms with Gasteiger partial charge in [-0.15, -0.1) is 0 Å². The normalized spacial score (nSPS) is 11.9. The Morgan fingerprint density at radius 1 is 0.771 bits per heavy atom. The average molecular weight is 504 g/mol. The smallest absolute Gasteiger partial charge is 0.329 e. The number of benzene rings is 2.